The van der Waals surface area contributed by atoms with Crippen LogP contribution < -0.4 is 0 Å². The first-order chi connectivity index (χ1) is 15.7. The Bertz CT molecular complexity index is 1340. The lowest BCUT2D eigenvalue weighted by Crippen LogP contribution is -2.05. The van der Waals surface area contributed by atoms with Gasteiger partial charge in [-0.1, -0.05) is 24.3 Å². The average Bonchev–Trinajstić information content (AvgIpc) is 3.18. The van der Waals surface area contributed by atoms with Crippen molar-refractivity contribution in [2.45, 2.75) is 19.5 Å². The first-order valence-electron chi connectivity index (χ1n) is 10.0. The van der Waals surface area contributed by atoms with E-state index in [1.807, 2.05) is 0 Å². The summed E-state index contributed by atoms with van der Waals surface area (Å²) in [5.74, 6) is -1.82. The summed E-state index contributed by atoms with van der Waals surface area (Å²) < 4.78 is 73.3. The topological polar surface area (TPSA) is 26.3 Å². The van der Waals surface area contributed by atoms with Crippen LogP contribution in [0.4, 0.5) is 22.0 Å². The Kier molecular flexibility index (Phi) is 6.21. The van der Waals surface area contributed by atoms with Crippen LogP contribution in [0.2, 0.25) is 0 Å². The molecule has 2 nitrogen and oxygen atoms in total. The minimum atomic E-state index is -4.45. The number of benzene rings is 3. The van der Waals surface area contributed by atoms with Gasteiger partial charge in [0.05, 0.1) is 17.7 Å². The molecule has 0 unspecified atom stereocenters. The highest BCUT2D eigenvalue weighted by molar-refractivity contribution is 7.19. The molecular weight excluding hydrogens is 459 g/mol. The van der Waals surface area contributed by atoms with Gasteiger partial charge in [0.2, 0.25) is 0 Å². The molecule has 0 saturated heterocycles. The van der Waals surface area contributed by atoms with E-state index < -0.39 is 29.3 Å². The summed E-state index contributed by atoms with van der Waals surface area (Å²) in [4.78, 5) is 12.7. The zero-order chi connectivity index (χ0) is 23.8. The maximum absolute atomic E-state index is 14.6. The van der Waals surface area contributed by atoms with Crippen LogP contribution in [0, 0.1) is 11.6 Å². The third-order valence-corrected chi connectivity index (χ3v) is 6.20. The maximum atomic E-state index is 14.6. The minimum absolute atomic E-state index is 0.0325. The van der Waals surface area contributed by atoms with E-state index in [9.17, 15) is 26.7 Å². The summed E-state index contributed by atoms with van der Waals surface area (Å²) in [6.07, 6.45) is -4.27. The molecule has 3 aromatic carbocycles. The average molecular weight is 476 g/mol. The highest BCUT2D eigenvalue weighted by Gasteiger charge is 2.30. The molecule has 8 heteroatoms. The van der Waals surface area contributed by atoms with Crippen molar-refractivity contribution in [3.05, 3.63) is 93.9 Å². The number of hydrogen-bond acceptors (Lipinski definition) is 3. The molecule has 0 atom stereocenters. The summed E-state index contributed by atoms with van der Waals surface area (Å²) in [5.41, 5.74) is 0.602. The van der Waals surface area contributed by atoms with E-state index in [2.05, 4.69) is 0 Å². The number of fused-ring (bicyclic) bond motifs is 1. The van der Waals surface area contributed by atoms with E-state index in [1.165, 1.54) is 41.7 Å². The van der Waals surface area contributed by atoms with Gasteiger partial charge in [-0.25, -0.2) is 13.6 Å². The van der Waals surface area contributed by atoms with Gasteiger partial charge in [-0.15, -0.1) is 11.3 Å². The Morgan fingerprint density at radius 2 is 1.79 bits per heavy atom. The summed E-state index contributed by atoms with van der Waals surface area (Å²) in [6.45, 7) is 1.77. The van der Waals surface area contributed by atoms with E-state index in [-0.39, 0.29) is 24.0 Å². The Morgan fingerprint density at radius 1 is 1.00 bits per heavy atom. The summed E-state index contributed by atoms with van der Waals surface area (Å²) in [6, 6.07) is 13.1. The Labute approximate surface area is 190 Å². The van der Waals surface area contributed by atoms with Gasteiger partial charge in [0.25, 0.3) is 0 Å². The quantitative estimate of drug-likeness (QED) is 0.219. The molecule has 1 aromatic heterocycles. The Balaban J connectivity index is 1.76. The monoisotopic (exact) mass is 476 g/mol. The zero-order valence-corrected chi connectivity index (χ0v) is 18.1. The maximum Gasteiger partial charge on any atom is 0.416 e. The largest absolute Gasteiger partial charge is 0.462 e. The second-order valence-corrected chi connectivity index (χ2v) is 8.51. The second-order valence-electron chi connectivity index (χ2n) is 7.37. The molecule has 0 fully saturated rings. The smallest absolute Gasteiger partial charge is 0.416 e. The molecule has 0 spiro atoms. The number of carbonyl (C=O) groups excluding carboxylic acids is 1. The first kappa shape index (κ1) is 22.9. The second kappa shape index (κ2) is 8.94. The van der Waals surface area contributed by atoms with Gasteiger partial charge in [-0.2, -0.15) is 13.2 Å². The lowest BCUT2D eigenvalue weighted by molar-refractivity contribution is -0.137. The van der Waals surface area contributed by atoms with E-state index in [1.54, 1.807) is 19.1 Å². The summed E-state index contributed by atoms with van der Waals surface area (Å²) in [5, 5.41) is 0.279. The number of halogens is 5. The first-order valence-corrected chi connectivity index (χ1v) is 10.8. The molecule has 0 N–H and O–H groups in total. The number of ether oxygens (including phenoxy) is 1. The molecule has 0 aliphatic heterocycles. The van der Waals surface area contributed by atoms with Crippen molar-refractivity contribution < 1.29 is 31.5 Å². The van der Waals surface area contributed by atoms with Crippen LogP contribution in [0.3, 0.4) is 0 Å². The fourth-order valence-electron chi connectivity index (χ4n) is 3.59. The number of thiophene rings is 1. The van der Waals surface area contributed by atoms with Crippen LogP contribution in [-0.2, 0) is 17.3 Å². The normalized spacial score (nSPS) is 11.7. The molecule has 170 valence electrons. The van der Waals surface area contributed by atoms with Crippen LogP contribution in [0.5, 0.6) is 0 Å². The lowest BCUT2D eigenvalue weighted by atomic mass is 10.0. The minimum Gasteiger partial charge on any atom is -0.462 e. The van der Waals surface area contributed by atoms with Gasteiger partial charge < -0.3 is 4.74 Å². The third-order valence-electron chi connectivity index (χ3n) is 5.03. The van der Waals surface area contributed by atoms with Crippen LogP contribution in [0.15, 0.2) is 60.7 Å². The van der Waals surface area contributed by atoms with Gasteiger partial charge in [0.1, 0.15) is 11.6 Å². The molecule has 0 saturated carbocycles. The number of carbonyl (C=O) groups is 1. The van der Waals surface area contributed by atoms with Crippen molar-refractivity contribution in [2.24, 2.45) is 0 Å². The Hall–Kier alpha value is -3.26. The van der Waals surface area contributed by atoms with Crippen LogP contribution in [-0.4, -0.2) is 12.6 Å². The van der Waals surface area contributed by atoms with Crippen LogP contribution in [0.25, 0.3) is 21.2 Å². The van der Waals surface area contributed by atoms with E-state index in [0.29, 0.717) is 26.3 Å². The summed E-state index contributed by atoms with van der Waals surface area (Å²) in [7, 11) is 0. The van der Waals surface area contributed by atoms with Crippen molar-refractivity contribution in [3.63, 3.8) is 0 Å². The predicted molar refractivity (Wildman–Crippen MR) is 117 cm³/mol. The number of esters is 1. The molecule has 0 bridgehead atoms. The van der Waals surface area contributed by atoms with E-state index >= 15 is 0 Å². The van der Waals surface area contributed by atoms with E-state index in [4.69, 9.17) is 4.74 Å². The highest BCUT2D eigenvalue weighted by atomic mass is 32.1. The summed E-state index contributed by atoms with van der Waals surface area (Å²) >= 11 is 1.21. The van der Waals surface area contributed by atoms with Crippen molar-refractivity contribution in [2.75, 3.05) is 6.61 Å². The molecule has 0 aliphatic carbocycles. The van der Waals surface area contributed by atoms with Crippen molar-refractivity contribution in [1.82, 2.24) is 0 Å². The molecule has 0 radical (unpaired) electrons. The van der Waals surface area contributed by atoms with Gasteiger partial charge >= 0.3 is 12.1 Å². The lowest BCUT2D eigenvalue weighted by Gasteiger charge is -2.08. The van der Waals surface area contributed by atoms with Crippen LogP contribution in [0.1, 0.15) is 33.3 Å². The molecule has 33 heavy (non-hydrogen) atoms. The van der Waals surface area contributed by atoms with Gasteiger partial charge in [-0.3, -0.25) is 0 Å². The van der Waals surface area contributed by atoms with E-state index in [0.717, 1.165) is 18.2 Å². The van der Waals surface area contributed by atoms with Crippen molar-refractivity contribution in [1.29, 1.82) is 0 Å². The van der Waals surface area contributed by atoms with Gasteiger partial charge in [0.15, 0.2) is 0 Å². The zero-order valence-electron chi connectivity index (χ0n) is 17.3. The predicted octanol–water partition coefficient (Wildman–Crippen LogP) is 7.63. The molecule has 0 aliphatic rings. The standard InChI is InChI=1S/C25H17F5O2S/c1-2-32-24(31)16-10-15(11-18(26)12-16)20-6-7-22(27)21-13-19(33-23(20)21)9-14-4-3-5-17(8-14)25(28,29)30/h3-8,10-13H,2,9H2,1H3. The molecule has 4 rings (SSSR count). The number of rotatable bonds is 5. The van der Waals surface area contributed by atoms with Crippen molar-refractivity contribution >= 4 is 27.4 Å². The van der Waals surface area contributed by atoms with Gasteiger partial charge in [0, 0.05) is 21.4 Å². The number of alkyl halides is 3. The molecule has 1 heterocycles. The molecule has 4 aromatic rings. The van der Waals surface area contributed by atoms with Crippen molar-refractivity contribution in [3.8, 4) is 11.1 Å². The number of hydrogen-bond donors (Lipinski definition) is 0. The molecule has 0 amide bonds. The van der Waals surface area contributed by atoms with Gasteiger partial charge in [-0.05, 0) is 60.0 Å². The highest BCUT2D eigenvalue weighted by Crippen LogP contribution is 2.38. The van der Waals surface area contributed by atoms with Crippen LogP contribution >= 0.6 is 11.3 Å². The Morgan fingerprint density at radius 3 is 2.52 bits per heavy atom. The fourth-order valence-corrected chi connectivity index (χ4v) is 4.83. The molecular formula is C25H17F5O2S. The SMILES string of the molecule is CCOC(=O)c1cc(F)cc(-c2ccc(F)c3cc(Cc4cccc(C(F)(F)F)c4)sc23)c1. The fraction of sp³-hybridized carbons (Fsp3) is 0.160. The third kappa shape index (κ3) is 4.90.